The lowest BCUT2D eigenvalue weighted by molar-refractivity contribution is -0.159. The van der Waals surface area contributed by atoms with Gasteiger partial charge in [0, 0.05) is 0 Å². The Hall–Kier alpha value is -3.02. The van der Waals surface area contributed by atoms with Gasteiger partial charge in [0.25, 0.3) is 0 Å². The van der Waals surface area contributed by atoms with Gasteiger partial charge in [0.05, 0.1) is 14.2 Å². The number of nitrogens with zero attached hydrogens (tertiary/aromatic N) is 2. The van der Waals surface area contributed by atoms with Crippen LogP contribution in [0.25, 0.3) is 0 Å². The minimum absolute atomic E-state index is 0.574. The molecule has 0 aromatic heterocycles. The van der Waals surface area contributed by atoms with Gasteiger partial charge in [-0.15, -0.1) is 0 Å². The highest BCUT2D eigenvalue weighted by molar-refractivity contribution is 5.91. The Morgan fingerprint density at radius 3 is 1.77 bits per heavy atom. The number of hydrogen-bond acceptors (Lipinski definition) is 6. The van der Waals surface area contributed by atoms with Gasteiger partial charge >= 0.3 is 11.9 Å². The molecule has 3 rings (SSSR count). The summed E-state index contributed by atoms with van der Waals surface area (Å²) in [5, 5.41) is 8.75. The van der Waals surface area contributed by atoms with E-state index in [4.69, 9.17) is 9.47 Å². The number of benzene rings is 2. The first kappa shape index (κ1) is 17.8. The molecule has 0 aliphatic carbocycles. The summed E-state index contributed by atoms with van der Waals surface area (Å²) < 4.78 is 9.98. The summed E-state index contributed by atoms with van der Waals surface area (Å²) in [5.41, 5.74) is -1.18. The first-order valence-electron chi connectivity index (χ1n) is 8.22. The molecule has 2 unspecified atom stereocenters. The van der Waals surface area contributed by atoms with Crippen molar-refractivity contribution in [2.24, 2.45) is 16.1 Å². The van der Waals surface area contributed by atoms with Crippen molar-refractivity contribution in [2.75, 3.05) is 14.2 Å². The maximum atomic E-state index is 12.9. The van der Waals surface area contributed by atoms with E-state index in [2.05, 4.69) is 10.2 Å². The fourth-order valence-corrected chi connectivity index (χ4v) is 3.59. The van der Waals surface area contributed by atoms with Crippen LogP contribution in [0.3, 0.4) is 0 Å². The third-order valence-corrected chi connectivity index (χ3v) is 4.86. The van der Waals surface area contributed by atoms with E-state index in [1.165, 1.54) is 14.2 Å². The molecular formula is C20H20N2O4. The van der Waals surface area contributed by atoms with Gasteiger partial charge < -0.3 is 9.47 Å². The fraction of sp³-hybridized carbons (Fsp3) is 0.300. The fourth-order valence-electron chi connectivity index (χ4n) is 3.59. The van der Waals surface area contributed by atoms with E-state index in [1.54, 1.807) is 6.92 Å². The third kappa shape index (κ3) is 2.49. The third-order valence-electron chi connectivity index (χ3n) is 4.86. The Morgan fingerprint density at radius 1 is 0.846 bits per heavy atom. The number of carbonyl (C=O) groups excluding carboxylic acids is 2. The predicted octanol–water partition coefficient (Wildman–Crippen LogP) is 3.12. The van der Waals surface area contributed by atoms with Crippen LogP contribution in [0, 0.1) is 5.92 Å². The highest BCUT2D eigenvalue weighted by atomic mass is 16.5. The Morgan fingerprint density at radius 2 is 1.35 bits per heavy atom. The zero-order valence-electron chi connectivity index (χ0n) is 14.9. The van der Waals surface area contributed by atoms with Crippen LogP contribution < -0.4 is 0 Å². The molecule has 6 heteroatoms. The second-order valence-corrected chi connectivity index (χ2v) is 6.29. The van der Waals surface area contributed by atoms with E-state index < -0.39 is 28.9 Å². The molecule has 0 saturated heterocycles. The summed E-state index contributed by atoms with van der Waals surface area (Å²) in [6, 6.07) is 18.7. The van der Waals surface area contributed by atoms with Crippen molar-refractivity contribution >= 4 is 11.9 Å². The van der Waals surface area contributed by atoms with Crippen LogP contribution >= 0.6 is 0 Å². The molecule has 2 atom stereocenters. The highest BCUT2D eigenvalue weighted by Gasteiger charge is 2.64. The molecule has 0 radical (unpaired) electrons. The van der Waals surface area contributed by atoms with Crippen molar-refractivity contribution in [1.82, 2.24) is 0 Å². The second-order valence-electron chi connectivity index (χ2n) is 6.29. The minimum Gasteiger partial charge on any atom is -0.469 e. The van der Waals surface area contributed by atoms with Crippen molar-refractivity contribution in [3.8, 4) is 0 Å². The van der Waals surface area contributed by atoms with Crippen molar-refractivity contribution in [3.63, 3.8) is 0 Å². The molecule has 134 valence electrons. The Bertz CT molecular complexity index is 796. The largest absolute Gasteiger partial charge is 0.469 e. The molecule has 1 aliphatic heterocycles. The minimum atomic E-state index is -1.49. The van der Waals surface area contributed by atoms with Crippen LogP contribution in [0.1, 0.15) is 18.1 Å². The van der Waals surface area contributed by atoms with Crippen molar-refractivity contribution in [1.29, 1.82) is 0 Å². The molecule has 2 aromatic carbocycles. The molecule has 2 aromatic rings. The SMILES string of the molecule is COC(=O)C1C(C)(C(=O)OC)N=NC1(c1ccccc1)c1ccccc1. The smallest absolute Gasteiger partial charge is 0.336 e. The number of methoxy groups -OCH3 is 2. The maximum absolute atomic E-state index is 12.9. The molecule has 0 spiro atoms. The van der Waals surface area contributed by atoms with Gasteiger partial charge in [0.2, 0.25) is 0 Å². The molecule has 1 aliphatic rings. The topological polar surface area (TPSA) is 77.3 Å². The number of carbonyl (C=O) groups is 2. The molecule has 26 heavy (non-hydrogen) atoms. The molecule has 0 saturated carbocycles. The zero-order chi connectivity index (χ0) is 18.8. The van der Waals surface area contributed by atoms with E-state index in [9.17, 15) is 9.59 Å². The normalized spacial score (nSPS) is 23.4. The van der Waals surface area contributed by atoms with Gasteiger partial charge in [0.15, 0.2) is 5.54 Å². The van der Waals surface area contributed by atoms with Crippen molar-refractivity contribution in [3.05, 3.63) is 71.8 Å². The molecular weight excluding hydrogens is 332 g/mol. The summed E-state index contributed by atoms with van der Waals surface area (Å²) in [7, 11) is 2.56. The van der Waals surface area contributed by atoms with Gasteiger partial charge in [-0.25, -0.2) is 4.79 Å². The average molecular weight is 352 g/mol. The molecule has 1 heterocycles. The van der Waals surface area contributed by atoms with Crippen LogP contribution in [0.4, 0.5) is 0 Å². The summed E-state index contributed by atoms with van der Waals surface area (Å²) >= 11 is 0. The maximum Gasteiger partial charge on any atom is 0.336 e. The summed E-state index contributed by atoms with van der Waals surface area (Å²) in [6.45, 7) is 1.55. The molecule has 6 nitrogen and oxygen atoms in total. The summed E-state index contributed by atoms with van der Waals surface area (Å²) in [5.74, 6) is -2.21. The van der Waals surface area contributed by atoms with Crippen LogP contribution in [0.15, 0.2) is 70.9 Å². The Balaban J connectivity index is 2.32. The van der Waals surface area contributed by atoms with Crippen LogP contribution in [-0.2, 0) is 24.6 Å². The van der Waals surface area contributed by atoms with E-state index in [0.29, 0.717) is 0 Å². The highest BCUT2D eigenvalue weighted by Crippen LogP contribution is 2.52. The lowest BCUT2D eigenvalue weighted by Gasteiger charge is -2.35. The van der Waals surface area contributed by atoms with Gasteiger partial charge in [-0.3, -0.25) is 4.79 Å². The number of esters is 2. The average Bonchev–Trinajstić information content (AvgIpc) is 3.03. The van der Waals surface area contributed by atoms with E-state index >= 15 is 0 Å². The van der Waals surface area contributed by atoms with Gasteiger partial charge in [-0.05, 0) is 18.1 Å². The molecule has 0 N–H and O–H groups in total. The monoisotopic (exact) mass is 352 g/mol. The van der Waals surface area contributed by atoms with Gasteiger partial charge in [-0.2, -0.15) is 10.2 Å². The first-order chi connectivity index (χ1) is 12.5. The summed E-state index contributed by atoms with van der Waals surface area (Å²) in [6.07, 6.45) is 0. The van der Waals surface area contributed by atoms with E-state index in [-0.39, 0.29) is 0 Å². The molecule has 0 amide bonds. The van der Waals surface area contributed by atoms with Crippen LogP contribution in [0.2, 0.25) is 0 Å². The standard InChI is InChI=1S/C20H20N2O4/c1-19(18(24)26-3)16(17(23)25-2)20(22-21-19,14-10-6-4-7-11-14)15-12-8-5-9-13-15/h4-13,16H,1-3H3. The van der Waals surface area contributed by atoms with E-state index in [1.807, 2.05) is 60.7 Å². The number of ether oxygens (including phenoxy) is 2. The molecule has 0 bridgehead atoms. The van der Waals surface area contributed by atoms with Crippen molar-refractivity contribution in [2.45, 2.75) is 18.0 Å². The van der Waals surface area contributed by atoms with Crippen molar-refractivity contribution < 1.29 is 19.1 Å². The first-order valence-corrected chi connectivity index (χ1v) is 8.22. The summed E-state index contributed by atoms with van der Waals surface area (Å²) in [4.78, 5) is 25.4. The van der Waals surface area contributed by atoms with E-state index in [0.717, 1.165) is 11.1 Å². The zero-order valence-corrected chi connectivity index (χ0v) is 14.9. The second kappa shape index (κ2) is 6.71. The number of hydrogen-bond donors (Lipinski definition) is 0. The van der Waals surface area contributed by atoms with Crippen LogP contribution in [0.5, 0.6) is 0 Å². The molecule has 0 fully saturated rings. The number of azo groups is 1. The quantitative estimate of drug-likeness (QED) is 0.792. The predicted molar refractivity (Wildman–Crippen MR) is 94.4 cm³/mol. The van der Waals surface area contributed by atoms with Gasteiger partial charge in [-0.1, -0.05) is 60.7 Å². The Labute approximate surface area is 151 Å². The lowest BCUT2D eigenvalue weighted by Crippen LogP contribution is -2.52. The van der Waals surface area contributed by atoms with Gasteiger partial charge in [0.1, 0.15) is 11.5 Å². The van der Waals surface area contributed by atoms with Crippen LogP contribution in [-0.4, -0.2) is 31.7 Å². The Kier molecular flexibility index (Phi) is 4.59. The lowest BCUT2D eigenvalue weighted by atomic mass is 9.67. The number of rotatable bonds is 4.